The van der Waals surface area contributed by atoms with E-state index in [9.17, 15) is 14.8 Å². The van der Waals surface area contributed by atoms with E-state index in [4.69, 9.17) is 5.73 Å². The Hall–Kier alpha value is -0.625. The zero-order valence-corrected chi connectivity index (χ0v) is 11.3. The van der Waals surface area contributed by atoms with Crippen molar-refractivity contribution in [2.75, 3.05) is 13.1 Å². The molecule has 0 aromatic heterocycles. The minimum atomic E-state index is -1.43. The van der Waals surface area contributed by atoms with Gasteiger partial charge < -0.3 is 26.0 Å². The van der Waals surface area contributed by atoms with Gasteiger partial charge in [0, 0.05) is 18.6 Å². The number of amides is 1. The third kappa shape index (κ3) is 3.92. The van der Waals surface area contributed by atoms with Crippen molar-refractivity contribution in [3.63, 3.8) is 0 Å². The van der Waals surface area contributed by atoms with E-state index >= 15 is 0 Å². The van der Waals surface area contributed by atoms with Crippen LogP contribution in [0.3, 0.4) is 0 Å². The van der Waals surface area contributed by atoms with E-state index in [1.165, 1.54) is 0 Å². The predicted octanol–water partition coefficient (Wildman–Crippen LogP) is -1.15. The van der Waals surface area contributed by atoms with Crippen LogP contribution in [-0.4, -0.2) is 59.1 Å². The van der Waals surface area contributed by atoms with Gasteiger partial charge in [0.25, 0.3) is 0 Å². The number of nitrogens with zero attached hydrogens (tertiary/aromatic N) is 1. The molecule has 108 valence electrons. The average molecular weight is 269 g/mol. The molecule has 1 aliphatic carbocycles. The molecule has 0 spiro atoms. The molecule has 1 amide bonds. The highest BCUT2D eigenvalue weighted by atomic mass is 16.4. The summed E-state index contributed by atoms with van der Waals surface area (Å²) in [6, 6.07) is 0.671. The van der Waals surface area contributed by atoms with Crippen molar-refractivity contribution >= 4 is 13.0 Å². The van der Waals surface area contributed by atoms with E-state index in [0.29, 0.717) is 25.0 Å². The molecule has 1 unspecified atom stereocenters. The summed E-state index contributed by atoms with van der Waals surface area (Å²) in [6.45, 7) is 0.904. The predicted molar refractivity (Wildman–Crippen MR) is 73.2 cm³/mol. The molecule has 2 aliphatic rings. The molecule has 1 saturated carbocycles. The number of likely N-dealkylation sites (tertiary alicyclic amines) is 1. The lowest BCUT2D eigenvalue weighted by molar-refractivity contribution is -0.130. The van der Waals surface area contributed by atoms with Crippen molar-refractivity contribution in [2.45, 2.75) is 56.5 Å². The third-order valence-electron chi connectivity index (χ3n) is 4.28. The van der Waals surface area contributed by atoms with Gasteiger partial charge in [0.1, 0.15) is 0 Å². The maximum absolute atomic E-state index is 12.1. The van der Waals surface area contributed by atoms with Crippen LogP contribution in [0, 0.1) is 0 Å². The van der Waals surface area contributed by atoms with E-state index in [1.54, 1.807) is 4.90 Å². The van der Waals surface area contributed by atoms with Gasteiger partial charge in [-0.05, 0) is 38.5 Å². The first-order chi connectivity index (χ1) is 9.08. The molecule has 1 aliphatic heterocycles. The summed E-state index contributed by atoms with van der Waals surface area (Å²) in [4.78, 5) is 13.7. The van der Waals surface area contributed by atoms with Gasteiger partial charge in [0.2, 0.25) is 5.91 Å². The zero-order valence-electron chi connectivity index (χ0n) is 11.3. The number of hydrogen-bond acceptors (Lipinski definition) is 5. The Morgan fingerprint density at radius 2 is 1.95 bits per heavy atom. The normalized spacial score (nSPS) is 31.5. The van der Waals surface area contributed by atoms with Crippen LogP contribution < -0.4 is 11.1 Å². The molecule has 2 rings (SSSR count). The highest BCUT2D eigenvalue weighted by Crippen LogP contribution is 2.19. The van der Waals surface area contributed by atoms with Gasteiger partial charge in [0.15, 0.2) is 0 Å². The summed E-state index contributed by atoms with van der Waals surface area (Å²) in [5.41, 5.74) is 5.85. The number of carbonyl (C=O) groups excluding carboxylic acids is 1. The Morgan fingerprint density at radius 1 is 1.26 bits per heavy atom. The molecule has 5 N–H and O–H groups in total. The standard InChI is InChI=1S/C12H24BN3O3/c14-9-3-5-10(6-4-9)15-8-12(17)16-7-1-2-11(16)13(18)19/h9-11,15,18-19H,1-8,14H2. The molecule has 1 heterocycles. The van der Waals surface area contributed by atoms with E-state index < -0.39 is 13.1 Å². The molecule has 6 nitrogen and oxygen atoms in total. The van der Waals surface area contributed by atoms with Crippen LogP contribution in [0.1, 0.15) is 38.5 Å². The Balaban J connectivity index is 1.75. The fourth-order valence-corrected chi connectivity index (χ4v) is 3.07. The first-order valence-electron chi connectivity index (χ1n) is 7.22. The first-order valence-corrected chi connectivity index (χ1v) is 7.22. The summed E-state index contributed by atoms with van der Waals surface area (Å²) >= 11 is 0. The van der Waals surface area contributed by atoms with E-state index in [-0.39, 0.29) is 12.5 Å². The molecule has 0 radical (unpaired) electrons. The van der Waals surface area contributed by atoms with Crippen molar-refractivity contribution in [2.24, 2.45) is 5.73 Å². The number of rotatable bonds is 4. The molecule has 0 bridgehead atoms. The van der Waals surface area contributed by atoms with Gasteiger partial charge >= 0.3 is 7.12 Å². The topological polar surface area (TPSA) is 98.8 Å². The monoisotopic (exact) mass is 269 g/mol. The number of nitrogens with one attached hydrogen (secondary N) is 1. The minimum absolute atomic E-state index is 0.0366. The maximum Gasteiger partial charge on any atom is 0.475 e. The highest BCUT2D eigenvalue weighted by Gasteiger charge is 2.36. The highest BCUT2D eigenvalue weighted by molar-refractivity contribution is 6.43. The van der Waals surface area contributed by atoms with Gasteiger partial charge in [-0.15, -0.1) is 0 Å². The van der Waals surface area contributed by atoms with E-state index in [1.807, 2.05) is 0 Å². The molecule has 0 aromatic carbocycles. The minimum Gasteiger partial charge on any atom is -0.426 e. The molecular formula is C12H24BN3O3. The molecule has 19 heavy (non-hydrogen) atoms. The van der Waals surface area contributed by atoms with E-state index in [2.05, 4.69) is 5.32 Å². The fourth-order valence-electron chi connectivity index (χ4n) is 3.07. The molecule has 1 saturated heterocycles. The molecule has 0 aromatic rings. The van der Waals surface area contributed by atoms with Crippen molar-refractivity contribution in [1.29, 1.82) is 0 Å². The lowest BCUT2D eigenvalue weighted by Gasteiger charge is -2.29. The second-order valence-electron chi connectivity index (χ2n) is 5.70. The molecule has 2 fully saturated rings. The smallest absolute Gasteiger partial charge is 0.426 e. The van der Waals surface area contributed by atoms with Crippen molar-refractivity contribution in [3.05, 3.63) is 0 Å². The Morgan fingerprint density at radius 3 is 2.58 bits per heavy atom. The SMILES string of the molecule is NC1CCC(NCC(=O)N2CCCC2B(O)O)CC1. The molecule has 1 atom stereocenters. The quantitative estimate of drug-likeness (QED) is 0.483. The van der Waals surface area contributed by atoms with Crippen molar-refractivity contribution in [1.82, 2.24) is 10.2 Å². The van der Waals surface area contributed by atoms with Crippen LogP contribution in [0.15, 0.2) is 0 Å². The van der Waals surface area contributed by atoms with Crippen molar-refractivity contribution in [3.8, 4) is 0 Å². The van der Waals surface area contributed by atoms with Gasteiger partial charge in [-0.1, -0.05) is 0 Å². The summed E-state index contributed by atoms with van der Waals surface area (Å²) < 4.78 is 0. The fraction of sp³-hybridized carbons (Fsp3) is 0.917. The Bertz CT molecular complexity index is 309. The van der Waals surface area contributed by atoms with Crippen molar-refractivity contribution < 1.29 is 14.8 Å². The average Bonchev–Trinajstić information content (AvgIpc) is 2.87. The summed E-state index contributed by atoms with van der Waals surface area (Å²) in [7, 11) is -1.43. The zero-order chi connectivity index (χ0) is 13.8. The van der Waals surface area contributed by atoms with Gasteiger partial charge in [0.05, 0.1) is 12.5 Å². The van der Waals surface area contributed by atoms with Crippen LogP contribution in [0.4, 0.5) is 0 Å². The van der Waals surface area contributed by atoms with Crippen LogP contribution in [0.25, 0.3) is 0 Å². The van der Waals surface area contributed by atoms with Gasteiger partial charge in [-0.3, -0.25) is 4.79 Å². The van der Waals surface area contributed by atoms with Crippen LogP contribution >= 0.6 is 0 Å². The largest absolute Gasteiger partial charge is 0.475 e. The Kier molecular flexibility index (Phi) is 5.21. The van der Waals surface area contributed by atoms with Crippen LogP contribution in [0.5, 0.6) is 0 Å². The number of carbonyl (C=O) groups is 1. The summed E-state index contributed by atoms with van der Waals surface area (Å²) in [5.74, 6) is -0.473. The second-order valence-corrected chi connectivity index (χ2v) is 5.70. The second kappa shape index (κ2) is 6.70. The molecule has 7 heteroatoms. The summed E-state index contributed by atoms with van der Waals surface area (Å²) in [5, 5.41) is 21.8. The maximum atomic E-state index is 12.1. The Labute approximate surface area is 114 Å². The lowest BCUT2D eigenvalue weighted by Crippen LogP contribution is -2.50. The summed E-state index contributed by atoms with van der Waals surface area (Å²) in [6.07, 6.45) is 5.55. The lowest BCUT2D eigenvalue weighted by atomic mass is 9.78. The molecular weight excluding hydrogens is 245 g/mol. The number of hydrogen-bond donors (Lipinski definition) is 4. The van der Waals surface area contributed by atoms with Crippen LogP contribution in [0.2, 0.25) is 0 Å². The van der Waals surface area contributed by atoms with Crippen LogP contribution in [-0.2, 0) is 4.79 Å². The third-order valence-corrected chi connectivity index (χ3v) is 4.28. The number of nitrogens with two attached hydrogens (primary N) is 1. The van der Waals surface area contributed by atoms with E-state index in [0.717, 1.165) is 32.1 Å². The van der Waals surface area contributed by atoms with Gasteiger partial charge in [-0.25, -0.2) is 0 Å². The van der Waals surface area contributed by atoms with Gasteiger partial charge in [-0.2, -0.15) is 0 Å². The first kappa shape index (κ1) is 14.8.